The van der Waals surface area contributed by atoms with Crippen LogP contribution in [0.1, 0.15) is 36.9 Å². The second-order valence-corrected chi connectivity index (χ2v) is 4.89. The van der Waals surface area contributed by atoms with Crippen LogP contribution in [0.15, 0.2) is 4.52 Å². The van der Waals surface area contributed by atoms with Crippen molar-refractivity contribution in [3.63, 3.8) is 0 Å². The van der Waals surface area contributed by atoms with Gasteiger partial charge in [0.15, 0.2) is 5.82 Å². The molecule has 0 spiro atoms. The van der Waals surface area contributed by atoms with Crippen molar-refractivity contribution in [2.24, 2.45) is 5.92 Å². The summed E-state index contributed by atoms with van der Waals surface area (Å²) in [6, 6.07) is 0. The zero-order valence-corrected chi connectivity index (χ0v) is 9.87. The molecule has 0 amide bonds. The predicted octanol–water partition coefficient (Wildman–Crippen LogP) is 1.90. The van der Waals surface area contributed by atoms with Crippen LogP contribution < -0.4 is 0 Å². The van der Waals surface area contributed by atoms with Gasteiger partial charge >= 0.3 is 5.97 Å². The Morgan fingerprint density at radius 3 is 3.06 bits per heavy atom. The molecule has 16 heavy (non-hydrogen) atoms. The number of carbonyl (C=O) groups is 1. The third-order valence-corrected chi connectivity index (χ3v) is 3.44. The van der Waals surface area contributed by atoms with Gasteiger partial charge in [-0.15, -0.1) is 0 Å². The highest BCUT2D eigenvalue weighted by Crippen LogP contribution is 2.37. The molecule has 2 unspecified atom stereocenters. The minimum Gasteiger partial charge on any atom is -0.481 e. The Balaban J connectivity index is 2.00. The molecule has 0 bridgehead atoms. The highest BCUT2D eigenvalue weighted by molar-refractivity contribution is 7.97. The van der Waals surface area contributed by atoms with Crippen molar-refractivity contribution in [3.8, 4) is 0 Å². The molecule has 1 aliphatic carbocycles. The Hall–Kier alpha value is -1.04. The minimum absolute atomic E-state index is 0.129. The second kappa shape index (κ2) is 4.86. The van der Waals surface area contributed by atoms with Crippen molar-refractivity contribution in [2.45, 2.75) is 30.9 Å². The summed E-state index contributed by atoms with van der Waals surface area (Å²) >= 11 is 1.64. The Bertz CT molecular complexity index is 380. The lowest BCUT2D eigenvalue weighted by atomic mass is 10.1. The lowest BCUT2D eigenvalue weighted by Crippen LogP contribution is -2.09. The van der Waals surface area contributed by atoms with E-state index < -0.39 is 5.97 Å². The smallest absolute Gasteiger partial charge is 0.306 e. The van der Waals surface area contributed by atoms with Gasteiger partial charge in [0.2, 0.25) is 5.89 Å². The van der Waals surface area contributed by atoms with Crippen LogP contribution in [0.3, 0.4) is 0 Å². The summed E-state index contributed by atoms with van der Waals surface area (Å²) in [6.45, 7) is 0. The lowest BCUT2D eigenvalue weighted by Gasteiger charge is -2.02. The number of nitrogens with zero attached hydrogens (tertiary/aromatic N) is 2. The van der Waals surface area contributed by atoms with Crippen molar-refractivity contribution in [1.29, 1.82) is 0 Å². The molecule has 1 aliphatic rings. The molecule has 5 nitrogen and oxygen atoms in total. The zero-order valence-electron chi connectivity index (χ0n) is 9.05. The first-order valence-electron chi connectivity index (χ1n) is 5.25. The van der Waals surface area contributed by atoms with Gasteiger partial charge in [0, 0.05) is 5.92 Å². The molecule has 0 aromatic carbocycles. The first-order valence-corrected chi connectivity index (χ1v) is 6.64. The van der Waals surface area contributed by atoms with E-state index in [0.29, 0.717) is 24.6 Å². The van der Waals surface area contributed by atoms with E-state index in [1.165, 1.54) is 0 Å². The summed E-state index contributed by atoms with van der Waals surface area (Å²) < 4.78 is 5.16. The van der Waals surface area contributed by atoms with E-state index in [0.717, 1.165) is 12.2 Å². The summed E-state index contributed by atoms with van der Waals surface area (Å²) in [5.74, 6) is 1.20. The lowest BCUT2D eigenvalue weighted by molar-refractivity contribution is -0.141. The Morgan fingerprint density at radius 2 is 2.44 bits per heavy atom. The van der Waals surface area contributed by atoms with Gasteiger partial charge in [0.1, 0.15) is 0 Å². The molecule has 0 aliphatic heterocycles. The summed E-state index contributed by atoms with van der Waals surface area (Å²) in [5, 5.41) is 12.8. The summed E-state index contributed by atoms with van der Waals surface area (Å²) in [6.07, 6.45) is 4.14. The van der Waals surface area contributed by atoms with Gasteiger partial charge in [-0.25, -0.2) is 0 Å². The number of aromatic nitrogens is 2. The molecular weight excluding hydrogens is 228 g/mol. The van der Waals surface area contributed by atoms with Crippen LogP contribution in [0.25, 0.3) is 0 Å². The first kappa shape index (κ1) is 11.4. The molecule has 2 atom stereocenters. The predicted molar refractivity (Wildman–Crippen MR) is 59.2 cm³/mol. The van der Waals surface area contributed by atoms with Gasteiger partial charge in [-0.1, -0.05) is 5.16 Å². The van der Waals surface area contributed by atoms with Gasteiger partial charge in [0.05, 0.1) is 11.7 Å². The van der Waals surface area contributed by atoms with E-state index >= 15 is 0 Å². The van der Waals surface area contributed by atoms with Gasteiger partial charge in [-0.2, -0.15) is 16.7 Å². The van der Waals surface area contributed by atoms with Crippen LogP contribution in [-0.2, 0) is 10.5 Å². The Morgan fingerprint density at radius 1 is 1.62 bits per heavy atom. The molecule has 1 aromatic heterocycles. The van der Waals surface area contributed by atoms with E-state index in [-0.39, 0.29) is 11.8 Å². The van der Waals surface area contributed by atoms with Gasteiger partial charge < -0.3 is 9.63 Å². The Labute approximate surface area is 97.6 Å². The monoisotopic (exact) mass is 242 g/mol. The normalized spacial score (nSPS) is 24.8. The second-order valence-electron chi connectivity index (χ2n) is 4.03. The summed E-state index contributed by atoms with van der Waals surface area (Å²) in [5.41, 5.74) is 0. The highest BCUT2D eigenvalue weighted by atomic mass is 32.2. The SMILES string of the molecule is CSCc1noc(C2CCC(C(=O)O)C2)n1. The number of carboxylic acids is 1. The highest BCUT2D eigenvalue weighted by Gasteiger charge is 2.33. The van der Waals surface area contributed by atoms with E-state index in [4.69, 9.17) is 9.63 Å². The number of carboxylic acid groups (broad SMARTS) is 1. The molecule has 6 heteroatoms. The zero-order chi connectivity index (χ0) is 11.5. The van der Waals surface area contributed by atoms with Crippen LogP contribution in [0.5, 0.6) is 0 Å². The van der Waals surface area contributed by atoms with Crippen LogP contribution in [0.4, 0.5) is 0 Å². The molecule has 1 N–H and O–H groups in total. The van der Waals surface area contributed by atoms with E-state index in [1.54, 1.807) is 11.8 Å². The van der Waals surface area contributed by atoms with Crippen LogP contribution in [0.2, 0.25) is 0 Å². The van der Waals surface area contributed by atoms with Gasteiger partial charge in [-0.3, -0.25) is 4.79 Å². The maximum atomic E-state index is 10.8. The minimum atomic E-state index is -0.716. The number of thioether (sulfide) groups is 1. The summed E-state index contributed by atoms with van der Waals surface area (Å²) in [7, 11) is 0. The van der Waals surface area contributed by atoms with E-state index in [1.807, 2.05) is 6.26 Å². The van der Waals surface area contributed by atoms with Crippen molar-refractivity contribution in [2.75, 3.05) is 6.26 Å². The maximum Gasteiger partial charge on any atom is 0.306 e. The van der Waals surface area contributed by atoms with E-state index in [9.17, 15) is 4.79 Å². The topological polar surface area (TPSA) is 76.2 Å². The molecular formula is C10H14N2O3S. The Kier molecular flexibility index (Phi) is 3.48. The maximum absolute atomic E-state index is 10.8. The number of hydrogen-bond donors (Lipinski definition) is 1. The average molecular weight is 242 g/mol. The standard InChI is InChI=1S/C10H14N2O3S/c1-16-5-8-11-9(15-12-8)6-2-3-7(4-6)10(13)14/h6-7H,2-5H2,1H3,(H,13,14). The van der Waals surface area contributed by atoms with Crippen molar-refractivity contribution in [3.05, 3.63) is 11.7 Å². The van der Waals surface area contributed by atoms with Gasteiger partial charge in [-0.05, 0) is 25.5 Å². The number of aliphatic carboxylic acids is 1. The van der Waals surface area contributed by atoms with Gasteiger partial charge in [0.25, 0.3) is 0 Å². The largest absolute Gasteiger partial charge is 0.481 e. The van der Waals surface area contributed by atoms with Crippen LogP contribution in [0, 0.1) is 5.92 Å². The van der Waals surface area contributed by atoms with E-state index in [2.05, 4.69) is 10.1 Å². The first-order chi connectivity index (χ1) is 7.70. The molecule has 0 radical (unpaired) electrons. The fourth-order valence-electron chi connectivity index (χ4n) is 2.05. The third kappa shape index (κ3) is 2.37. The molecule has 1 fully saturated rings. The quantitative estimate of drug-likeness (QED) is 0.869. The molecule has 2 rings (SSSR count). The summed E-state index contributed by atoms with van der Waals surface area (Å²) in [4.78, 5) is 15.1. The van der Waals surface area contributed by atoms with Crippen LogP contribution in [-0.4, -0.2) is 27.5 Å². The molecule has 1 aromatic rings. The van der Waals surface area contributed by atoms with Crippen molar-refractivity contribution >= 4 is 17.7 Å². The van der Waals surface area contributed by atoms with Crippen molar-refractivity contribution in [1.82, 2.24) is 10.1 Å². The number of rotatable bonds is 4. The average Bonchev–Trinajstić information content (AvgIpc) is 2.84. The number of hydrogen-bond acceptors (Lipinski definition) is 5. The molecule has 88 valence electrons. The fraction of sp³-hybridized carbons (Fsp3) is 0.700. The van der Waals surface area contributed by atoms with Crippen molar-refractivity contribution < 1.29 is 14.4 Å². The molecule has 1 heterocycles. The molecule has 0 saturated heterocycles. The van der Waals surface area contributed by atoms with Crippen LogP contribution >= 0.6 is 11.8 Å². The fourth-order valence-corrected chi connectivity index (χ4v) is 2.43. The molecule has 1 saturated carbocycles. The third-order valence-electron chi connectivity index (χ3n) is 2.89.